The van der Waals surface area contributed by atoms with Gasteiger partial charge in [0.1, 0.15) is 5.75 Å². The number of hydrogen-bond acceptors (Lipinski definition) is 5. The predicted octanol–water partition coefficient (Wildman–Crippen LogP) is 1.87. The van der Waals surface area contributed by atoms with E-state index in [1.54, 1.807) is 0 Å². The average molecular weight is 266 g/mol. The van der Waals surface area contributed by atoms with Crippen molar-refractivity contribution in [1.29, 1.82) is 0 Å². The molecule has 0 bridgehead atoms. The number of hydrogen-bond donors (Lipinski definition) is 1. The van der Waals surface area contributed by atoms with Crippen LogP contribution in [0.2, 0.25) is 0 Å². The van der Waals surface area contributed by atoms with E-state index in [0.717, 1.165) is 5.69 Å². The van der Waals surface area contributed by atoms with Crippen molar-refractivity contribution in [1.82, 2.24) is 0 Å². The number of ether oxygens (including phenoxy) is 3. The Morgan fingerprint density at radius 2 is 1.89 bits per heavy atom. The van der Waals surface area contributed by atoms with Crippen molar-refractivity contribution >= 4 is 11.4 Å². The molecule has 1 aliphatic heterocycles. The van der Waals surface area contributed by atoms with Gasteiger partial charge in [0.25, 0.3) is 0 Å². The van der Waals surface area contributed by atoms with E-state index in [-0.39, 0.29) is 6.29 Å². The second kappa shape index (κ2) is 5.27. The Bertz CT molecular complexity index is 440. The first-order valence-corrected chi connectivity index (χ1v) is 6.39. The topological polar surface area (TPSA) is 57.0 Å². The standard InChI is InChI=1S/C14H22N2O3/c1-14(2,13-17-7-8-18-13)19-12-6-5-10(16(3)4)9-11(12)15/h5-6,9,13H,7-8,15H2,1-4H3. The van der Waals surface area contributed by atoms with Crippen LogP contribution in [0.25, 0.3) is 0 Å². The molecule has 1 aromatic carbocycles. The fourth-order valence-corrected chi connectivity index (χ4v) is 2.00. The summed E-state index contributed by atoms with van der Waals surface area (Å²) in [6, 6.07) is 5.74. The van der Waals surface area contributed by atoms with Gasteiger partial charge in [0.15, 0.2) is 11.9 Å². The highest BCUT2D eigenvalue weighted by Crippen LogP contribution is 2.32. The van der Waals surface area contributed by atoms with Crippen LogP contribution in [0.15, 0.2) is 18.2 Å². The van der Waals surface area contributed by atoms with Crippen LogP contribution in [0.5, 0.6) is 5.75 Å². The summed E-state index contributed by atoms with van der Waals surface area (Å²) in [5, 5.41) is 0. The van der Waals surface area contributed by atoms with E-state index in [4.69, 9.17) is 19.9 Å². The Kier molecular flexibility index (Phi) is 3.87. The number of rotatable bonds is 4. The summed E-state index contributed by atoms with van der Waals surface area (Å²) in [5.74, 6) is 0.648. The van der Waals surface area contributed by atoms with E-state index < -0.39 is 5.60 Å². The molecule has 5 heteroatoms. The molecular formula is C14H22N2O3. The van der Waals surface area contributed by atoms with Crippen molar-refractivity contribution in [3.8, 4) is 5.75 Å². The van der Waals surface area contributed by atoms with Gasteiger partial charge in [-0.25, -0.2) is 0 Å². The fourth-order valence-electron chi connectivity index (χ4n) is 2.00. The smallest absolute Gasteiger partial charge is 0.197 e. The van der Waals surface area contributed by atoms with E-state index in [1.807, 2.05) is 51.0 Å². The van der Waals surface area contributed by atoms with Crippen LogP contribution >= 0.6 is 0 Å². The van der Waals surface area contributed by atoms with Crippen molar-refractivity contribution in [2.75, 3.05) is 37.9 Å². The lowest BCUT2D eigenvalue weighted by Gasteiger charge is -2.31. The molecule has 106 valence electrons. The van der Waals surface area contributed by atoms with Crippen LogP contribution in [0, 0.1) is 0 Å². The Morgan fingerprint density at radius 3 is 2.42 bits per heavy atom. The fraction of sp³-hybridized carbons (Fsp3) is 0.571. The van der Waals surface area contributed by atoms with Crippen molar-refractivity contribution in [3.05, 3.63) is 18.2 Å². The van der Waals surface area contributed by atoms with Gasteiger partial charge >= 0.3 is 0 Å². The molecule has 0 spiro atoms. The molecule has 0 aliphatic carbocycles. The quantitative estimate of drug-likeness (QED) is 0.843. The molecule has 1 aromatic rings. The number of anilines is 2. The zero-order valence-corrected chi connectivity index (χ0v) is 12.0. The number of benzene rings is 1. The molecule has 2 N–H and O–H groups in total. The zero-order valence-electron chi connectivity index (χ0n) is 12.0. The summed E-state index contributed by atoms with van der Waals surface area (Å²) >= 11 is 0. The Labute approximate surface area is 114 Å². The maximum Gasteiger partial charge on any atom is 0.197 e. The van der Waals surface area contributed by atoms with Crippen molar-refractivity contribution < 1.29 is 14.2 Å². The molecule has 0 aromatic heterocycles. The maximum atomic E-state index is 6.03. The van der Waals surface area contributed by atoms with Gasteiger partial charge in [0.2, 0.25) is 0 Å². The van der Waals surface area contributed by atoms with Gasteiger partial charge in [0.05, 0.1) is 18.9 Å². The van der Waals surface area contributed by atoms with Gasteiger partial charge in [-0.1, -0.05) is 0 Å². The van der Waals surface area contributed by atoms with Gasteiger partial charge in [-0.2, -0.15) is 0 Å². The summed E-state index contributed by atoms with van der Waals surface area (Å²) in [6.45, 7) is 5.07. The number of nitrogens with zero attached hydrogens (tertiary/aromatic N) is 1. The molecule has 0 amide bonds. The van der Waals surface area contributed by atoms with Crippen molar-refractivity contribution in [2.45, 2.75) is 25.7 Å². The lowest BCUT2D eigenvalue weighted by atomic mass is 10.1. The van der Waals surface area contributed by atoms with E-state index >= 15 is 0 Å². The minimum atomic E-state index is -0.579. The third kappa shape index (κ3) is 3.11. The minimum absolute atomic E-state index is 0.361. The zero-order chi connectivity index (χ0) is 14.0. The van der Waals surface area contributed by atoms with Gasteiger partial charge < -0.3 is 24.8 Å². The lowest BCUT2D eigenvalue weighted by molar-refractivity contribution is -0.151. The second-order valence-electron chi connectivity index (χ2n) is 5.40. The van der Waals surface area contributed by atoms with Crippen LogP contribution in [-0.2, 0) is 9.47 Å². The molecule has 0 unspecified atom stereocenters. The molecule has 1 heterocycles. The SMILES string of the molecule is CN(C)c1ccc(OC(C)(C)C2OCCO2)c(N)c1. The van der Waals surface area contributed by atoms with Gasteiger partial charge in [-0.15, -0.1) is 0 Å². The highest BCUT2D eigenvalue weighted by atomic mass is 16.7. The van der Waals surface area contributed by atoms with Crippen LogP contribution < -0.4 is 15.4 Å². The summed E-state index contributed by atoms with van der Waals surface area (Å²) < 4.78 is 16.9. The Balaban J connectivity index is 2.14. The van der Waals surface area contributed by atoms with E-state index in [1.165, 1.54) is 0 Å². The lowest BCUT2D eigenvalue weighted by Crippen LogP contribution is -2.42. The summed E-state index contributed by atoms with van der Waals surface area (Å²) in [7, 11) is 3.94. The van der Waals surface area contributed by atoms with E-state index in [2.05, 4.69) is 0 Å². The van der Waals surface area contributed by atoms with Crippen LogP contribution in [0.1, 0.15) is 13.8 Å². The third-order valence-corrected chi connectivity index (χ3v) is 3.07. The van der Waals surface area contributed by atoms with E-state index in [0.29, 0.717) is 24.7 Å². The average Bonchev–Trinajstić information content (AvgIpc) is 2.85. The monoisotopic (exact) mass is 266 g/mol. The molecule has 0 atom stereocenters. The second-order valence-corrected chi connectivity index (χ2v) is 5.40. The maximum absolute atomic E-state index is 6.03. The molecule has 1 aliphatic rings. The van der Waals surface area contributed by atoms with Crippen molar-refractivity contribution in [3.63, 3.8) is 0 Å². The summed E-state index contributed by atoms with van der Waals surface area (Å²) in [6.07, 6.45) is -0.361. The van der Waals surface area contributed by atoms with Gasteiger partial charge in [0, 0.05) is 19.8 Å². The molecule has 2 rings (SSSR count). The van der Waals surface area contributed by atoms with Gasteiger partial charge in [-0.3, -0.25) is 0 Å². The molecule has 1 fully saturated rings. The van der Waals surface area contributed by atoms with Crippen molar-refractivity contribution in [2.24, 2.45) is 0 Å². The molecule has 0 saturated carbocycles. The normalized spacial score (nSPS) is 16.6. The largest absolute Gasteiger partial charge is 0.480 e. The first-order chi connectivity index (χ1) is 8.90. The molecule has 0 radical (unpaired) electrons. The van der Waals surface area contributed by atoms with Gasteiger partial charge in [-0.05, 0) is 32.0 Å². The Morgan fingerprint density at radius 1 is 1.26 bits per heavy atom. The first kappa shape index (κ1) is 14.0. The summed E-state index contributed by atoms with van der Waals surface area (Å²) in [4.78, 5) is 1.99. The highest BCUT2D eigenvalue weighted by Gasteiger charge is 2.36. The summed E-state index contributed by atoms with van der Waals surface area (Å²) in [5.41, 5.74) is 7.10. The molecule has 5 nitrogen and oxygen atoms in total. The number of nitrogen functional groups attached to an aromatic ring is 1. The van der Waals surface area contributed by atoms with Crippen LogP contribution in [-0.4, -0.2) is 39.2 Å². The minimum Gasteiger partial charge on any atom is -0.480 e. The Hall–Kier alpha value is -1.46. The predicted molar refractivity (Wildman–Crippen MR) is 75.6 cm³/mol. The third-order valence-electron chi connectivity index (χ3n) is 3.07. The molecule has 1 saturated heterocycles. The number of nitrogens with two attached hydrogens (primary N) is 1. The highest BCUT2D eigenvalue weighted by molar-refractivity contribution is 5.63. The first-order valence-electron chi connectivity index (χ1n) is 6.39. The van der Waals surface area contributed by atoms with Crippen LogP contribution in [0.3, 0.4) is 0 Å². The van der Waals surface area contributed by atoms with Crippen LogP contribution in [0.4, 0.5) is 11.4 Å². The van der Waals surface area contributed by atoms with E-state index in [9.17, 15) is 0 Å². The molecule has 19 heavy (non-hydrogen) atoms. The molecular weight excluding hydrogens is 244 g/mol.